The first-order chi connectivity index (χ1) is 9.54. The lowest BCUT2D eigenvalue weighted by atomic mass is 9.84. The summed E-state index contributed by atoms with van der Waals surface area (Å²) in [4.78, 5) is 6.96. The molecule has 2 atom stereocenters. The van der Waals surface area contributed by atoms with Gasteiger partial charge in [-0.05, 0) is 35.8 Å². The molecule has 2 aliphatic rings. The van der Waals surface area contributed by atoms with E-state index in [0.29, 0.717) is 17.5 Å². The minimum atomic E-state index is 0.321. The molecule has 0 amide bonds. The van der Waals surface area contributed by atoms with Crippen LogP contribution in [0.2, 0.25) is 0 Å². The van der Waals surface area contributed by atoms with E-state index in [1.165, 1.54) is 18.4 Å². The topological polar surface area (TPSA) is 28.2 Å². The third-order valence-corrected chi connectivity index (χ3v) is 4.78. The van der Waals surface area contributed by atoms with Crippen molar-refractivity contribution in [3.05, 3.63) is 30.1 Å². The number of pyridine rings is 1. The van der Waals surface area contributed by atoms with E-state index in [1.54, 1.807) is 0 Å². The highest BCUT2D eigenvalue weighted by atomic mass is 15.2. The molecular formula is C17H27N3. The maximum Gasteiger partial charge on any atom is 0.0312 e. The molecule has 1 aromatic heterocycles. The van der Waals surface area contributed by atoms with Gasteiger partial charge in [-0.3, -0.25) is 9.88 Å². The van der Waals surface area contributed by atoms with Crippen molar-refractivity contribution in [3.8, 4) is 0 Å². The van der Waals surface area contributed by atoms with Crippen molar-refractivity contribution < 1.29 is 0 Å². The second-order valence-electron chi connectivity index (χ2n) is 7.52. The Morgan fingerprint density at radius 3 is 2.75 bits per heavy atom. The monoisotopic (exact) mass is 273 g/mol. The Morgan fingerprint density at radius 2 is 2.15 bits per heavy atom. The van der Waals surface area contributed by atoms with Gasteiger partial charge < -0.3 is 5.32 Å². The van der Waals surface area contributed by atoms with Gasteiger partial charge in [-0.25, -0.2) is 0 Å². The number of nitrogens with one attached hydrogen (secondary N) is 1. The first-order valence-corrected chi connectivity index (χ1v) is 7.90. The van der Waals surface area contributed by atoms with Crippen LogP contribution in [0.3, 0.4) is 0 Å². The number of nitrogens with zero attached hydrogens (tertiary/aromatic N) is 2. The van der Waals surface area contributed by atoms with E-state index in [4.69, 9.17) is 0 Å². The highest BCUT2D eigenvalue weighted by Gasteiger charge is 2.41. The van der Waals surface area contributed by atoms with Crippen LogP contribution in [0, 0.1) is 11.3 Å². The molecule has 2 heterocycles. The van der Waals surface area contributed by atoms with Gasteiger partial charge in [-0.15, -0.1) is 0 Å². The van der Waals surface area contributed by atoms with Crippen molar-refractivity contribution in [2.45, 2.75) is 52.2 Å². The second-order valence-corrected chi connectivity index (χ2v) is 7.52. The fraction of sp³-hybridized carbons (Fsp3) is 0.706. The van der Waals surface area contributed by atoms with Crippen LogP contribution < -0.4 is 5.32 Å². The summed E-state index contributed by atoms with van der Waals surface area (Å²) >= 11 is 0. The number of rotatable bonds is 3. The molecule has 0 radical (unpaired) electrons. The zero-order valence-corrected chi connectivity index (χ0v) is 13.0. The molecule has 1 saturated carbocycles. The summed E-state index contributed by atoms with van der Waals surface area (Å²) in [5.74, 6) is 0.917. The summed E-state index contributed by atoms with van der Waals surface area (Å²) in [6.07, 6.45) is 6.70. The second kappa shape index (κ2) is 5.45. The summed E-state index contributed by atoms with van der Waals surface area (Å²) < 4.78 is 0. The fourth-order valence-corrected chi connectivity index (χ4v) is 3.26. The van der Waals surface area contributed by atoms with Gasteiger partial charge >= 0.3 is 0 Å². The molecule has 1 aliphatic heterocycles. The molecule has 1 N–H and O–H groups in total. The molecule has 20 heavy (non-hydrogen) atoms. The minimum Gasteiger partial charge on any atom is -0.311 e. The van der Waals surface area contributed by atoms with Crippen molar-refractivity contribution in [2.75, 3.05) is 13.1 Å². The predicted molar refractivity (Wildman–Crippen MR) is 82.4 cm³/mol. The highest BCUT2D eigenvalue weighted by Crippen LogP contribution is 2.38. The van der Waals surface area contributed by atoms with E-state index in [2.05, 4.69) is 42.0 Å². The Bertz CT molecular complexity index is 433. The summed E-state index contributed by atoms with van der Waals surface area (Å²) in [5.41, 5.74) is 1.66. The van der Waals surface area contributed by atoms with Crippen LogP contribution in [0.1, 0.15) is 39.2 Å². The maximum atomic E-state index is 4.26. The van der Waals surface area contributed by atoms with Crippen molar-refractivity contribution >= 4 is 0 Å². The first kappa shape index (κ1) is 14.0. The van der Waals surface area contributed by atoms with E-state index in [1.807, 2.05) is 18.5 Å². The van der Waals surface area contributed by atoms with Gasteiger partial charge in [-0.1, -0.05) is 26.8 Å². The highest BCUT2D eigenvalue weighted by molar-refractivity contribution is 5.10. The zero-order chi connectivity index (χ0) is 14.2. The lowest BCUT2D eigenvalue weighted by molar-refractivity contribution is 0.0688. The lowest BCUT2D eigenvalue weighted by Gasteiger charge is -2.45. The predicted octanol–water partition coefficient (Wildman–Crippen LogP) is 2.68. The van der Waals surface area contributed by atoms with Crippen molar-refractivity contribution in [3.63, 3.8) is 0 Å². The van der Waals surface area contributed by atoms with Crippen LogP contribution in [0.5, 0.6) is 0 Å². The van der Waals surface area contributed by atoms with Crippen LogP contribution in [0.15, 0.2) is 24.5 Å². The van der Waals surface area contributed by atoms with Gasteiger partial charge in [0.25, 0.3) is 0 Å². The quantitative estimate of drug-likeness (QED) is 0.918. The molecule has 0 spiro atoms. The van der Waals surface area contributed by atoms with Gasteiger partial charge in [0.2, 0.25) is 0 Å². The van der Waals surface area contributed by atoms with Crippen LogP contribution in [-0.2, 0) is 6.54 Å². The Labute approximate surface area is 122 Å². The van der Waals surface area contributed by atoms with Crippen molar-refractivity contribution in [1.82, 2.24) is 15.2 Å². The molecular weight excluding hydrogens is 246 g/mol. The van der Waals surface area contributed by atoms with Gasteiger partial charge in [0.1, 0.15) is 0 Å². The SMILES string of the molecule is CC(C)(C)C1CN(Cc2cccnc2)C(C2CC2)CN1. The molecule has 3 rings (SSSR count). The number of piperazine rings is 1. The summed E-state index contributed by atoms with van der Waals surface area (Å²) in [6, 6.07) is 5.54. The van der Waals surface area contributed by atoms with Gasteiger partial charge in [0.15, 0.2) is 0 Å². The standard InChI is InChI=1S/C17H27N3/c1-17(2,3)16-12-20(11-13-5-4-8-18-9-13)15(10-19-16)14-6-7-14/h4-5,8-9,14-16,19H,6-7,10-12H2,1-3H3. The molecule has 2 unspecified atom stereocenters. The molecule has 3 heteroatoms. The van der Waals surface area contributed by atoms with Gasteiger partial charge in [-0.2, -0.15) is 0 Å². The average molecular weight is 273 g/mol. The van der Waals surface area contributed by atoms with E-state index >= 15 is 0 Å². The molecule has 110 valence electrons. The van der Waals surface area contributed by atoms with Crippen molar-refractivity contribution in [1.29, 1.82) is 0 Å². The zero-order valence-electron chi connectivity index (χ0n) is 13.0. The van der Waals surface area contributed by atoms with Gasteiger partial charge in [0.05, 0.1) is 0 Å². The Morgan fingerprint density at radius 1 is 1.35 bits per heavy atom. The van der Waals surface area contributed by atoms with Crippen LogP contribution >= 0.6 is 0 Å². The van der Waals surface area contributed by atoms with E-state index < -0.39 is 0 Å². The van der Waals surface area contributed by atoms with E-state index in [0.717, 1.165) is 25.6 Å². The molecule has 1 aromatic rings. The largest absolute Gasteiger partial charge is 0.311 e. The third-order valence-electron chi connectivity index (χ3n) is 4.78. The molecule has 1 saturated heterocycles. The Balaban J connectivity index is 1.72. The van der Waals surface area contributed by atoms with E-state index in [-0.39, 0.29) is 0 Å². The van der Waals surface area contributed by atoms with Crippen LogP contribution in [0.4, 0.5) is 0 Å². The Hall–Kier alpha value is -0.930. The average Bonchev–Trinajstić information content (AvgIpc) is 3.23. The maximum absolute atomic E-state index is 4.26. The fourth-order valence-electron chi connectivity index (χ4n) is 3.26. The van der Waals surface area contributed by atoms with E-state index in [9.17, 15) is 0 Å². The van der Waals surface area contributed by atoms with Gasteiger partial charge in [0, 0.05) is 44.1 Å². The third kappa shape index (κ3) is 3.21. The number of hydrogen-bond acceptors (Lipinski definition) is 3. The number of aromatic nitrogens is 1. The minimum absolute atomic E-state index is 0.321. The summed E-state index contributed by atoms with van der Waals surface area (Å²) in [5, 5.41) is 3.79. The molecule has 0 bridgehead atoms. The van der Waals surface area contributed by atoms with Crippen LogP contribution in [0.25, 0.3) is 0 Å². The molecule has 1 aliphatic carbocycles. The molecule has 0 aromatic carbocycles. The normalized spacial score (nSPS) is 28.6. The Kier molecular flexibility index (Phi) is 3.83. The summed E-state index contributed by atoms with van der Waals surface area (Å²) in [7, 11) is 0. The van der Waals surface area contributed by atoms with Crippen molar-refractivity contribution in [2.24, 2.45) is 11.3 Å². The first-order valence-electron chi connectivity index (χ1n) is 7.90. The number of hydrogen-bond donors (Lipinski definition) is 1. The van der Waals surface area contributed by atoms with Crippen LogP contribution in [-0.4, -0.2) is 35.1 Å². The molecule has 3 nitrogen and oxygen atoms in total. The molecule has 2 fully saturated rings. The lowest BCUT2D eigenvalue weighted by Crippen LogP contribution is -2.60. The summed E-state index contributed by atoms with van der Waals surface area (Å²) in [6.45, 7) is 10.4. The smallest absolute Gasteiger partial charge is 0.0312 e.